The highest BCUT2D eigenvalue weighted by molar-refractivity contribution is 5.81. The first-order chi connectivity index (χ1) is 12.0. The molecule has 0 radical (unpaired) electrons. The lowest BCUT2D eigenvalue weighted by atomic mass is 10.1. The van der Waals surface area contributed by atoms with Gasteiger partial charge >= 0.3 is 0 Å². The van der Waals surface area contributed by atoms with Gasteiger partial charge in [-0.15, -0.1) is 0 Å². The Morgan fingerprint density at radius 1 is 0.960 bits per heavy atom. The van der Waals surface area contributed by atoms with Crippen LogP contribution in [0.5, 0.6) is 17.2 Å². The highest BCUT2D eigenvalue weighted by atomic mass is 16.5. The van der Waals surface area contributed by atoms with Crippen LogP contribution >= 0.6 is 0 Å². The number of ether oxygens (including phenoxy) is 3. The van der Waals surface area contributed by atoms with Crippen LogP contribution in [0, 0.1) is 0 Å². The summed E-state index contributed by atoms with van der Waals surface area (Å²) in [7, 11) is 1.61. The second kappa shape index (κ2) is 8.97. The predicted molar refractivity (Wildman–Crippen MR) is 97.3 cm³/mol. The van der Waals surface area contributed by atoms with Gasteiger partial charge in [-0.1, -0.05) is 12.1 Å². The van der Waals surface area contributed by atoms with Crippen molar-refractivity contribution in [2.24, 2.45) is 0 Å². The molecular weight excluding hydrogens is 318 g/mol. The fourth-order valence-corrected chi connectivity index (χ4v) is 2.35. The van der Waals surface area contributed by atoms with Gasteiger partial charge in [-0.25, -0.2) is 0 Å². The van der Waals surface area contributed by atoms with E-state index in [4.69, 9.17) is 14.2 Å². The second-order valence-electron chi connectivity index (χ2n) is 5.67. The van der Waals surface area contributed by atoms with Gasteiger partial charge in [0.2, 0.25) is 0 Å². The topological polar surface area (TPSA) is 56.8 Å². The van der Waals surface area contributed by atoms with E-state index >= 15 is 0 Å². The molecule has 2 rings (SSSR count). The number of amides is 1. The van der Waals surface area contributed by atoms with Gasteiger partial charge in [0, 0.05) is 0 Å². The number of hydrogen-bond donors (Lipinski definition) is 1. The molecule has 0 aromatic heterocycles. The number of carbonyl (C=O) groups is 1. The zero-order valence-electron chi connectivity index (χ0n) is 15.1. The Morgan fingerprint density at radius 3 is 2.08 bits per heavy atom. The van der Waals surface area contributed by atoms with E-state index in [9.17, 15) is 4.79 Å². The van der Waals surface area contributed by atoms with Gasteiger partial charge in [0.25, 0.3) is 5.91 Å². The van der Waals surface area contributed by atoms with Crippen molar-refractivity contribution in [1.82, 2.24) is 5.32 Å². The number of methoxy groups -OCH3 is 1. The van der Waals surface area contributed by atoms with Crippen LogP contribution in [0.15, 0.2) is 48.5 Å². The van der Waals surface area contributed by atoms with Crippen LogP contribution in [0.3, 0.4) is 0 Å². The molecule has 5 heteroatoms. The Kier molecular flexibility index (Phi) is 6.69. The molecule has 5 nitrogen and oxygen atoms in total. The van der Waals surface area contributed by atoms with Crippen LogP contribution < -0.4 is 19.5 Å². The van der Waals surface area contributed by atoms with E-state index in [2.05, 4.69) is 5.32 Å². The normalized spacial score (nSPS) is 12.8. The fraction of sp³-hybridized carbons (Fsp3) is 0.350. The molecule has 1 amide bonds. The van der Waals surface area contributed by atoms with E-state index in [1.807, 2.05) is 38.1 Å². The van der Waals surface area contributed by atoms with E-state index in [1.54, 1.807) is 38.3 Å². The molecule has 1 N–H and O–H groups in total. The SMILES string of the molecule is CCOc1ccc([C@@H](C)NC(=O)[C@@H](C)Oc2ccc(OC)cc2)cc1. The summed E-state index contributed by atoms with van der Waals surface area (Å²) in [5, 5.41) is 2.96. The van der Waals surface area contributed by atoms with Gasteiger partial charge in [-0.2, -0.15) is 0 Å². The number of rotatable bonds is 8. The molecule has 0 unspecified atom stereocenters. The fourth-order valence-electron chi connectivity index (χ4n) is 2.35. The molecular formula is C20H25NO4. The van der Waals surface area contributed by atoms with Crippen LogP contribution in [0.4, 0.5) is 0 Å². The predicted octanol–water partition coefficient (Wildman–Crippen LogP) is 3.74. The van der Waals surface area contributed by atoms with Crippen LogP contribution in [0.2, 0.25) is 0 Å². The molecule has 0 spiro atoms. The average molecular weight is 343 g/mol. The number of hydrogen-bond acceptors (Lipinski definition) is 4. The van der Waals surface area contributed by atoms with Crippen LogP contribution in [0.25, 0.3) is 0 Å². The lowest BCUT2D eigenvalue weighted by Gasteiger charge is -2.19. The van der Waals surface area contributed by atoms with E-state index < -0.39 is 6.10 Å². The number of carbonyl (C=O) groups excluding carboxylic acids is 1. The third-order valence-corrected chi connectivity index (χ3v) is 3.79. The minimum atomic E-state index is -0.599. The van der Waals surface area contributed by atoms with E-state index in [0.29, 0.717) is 12.4 Å². The van der Waals surface area contributed by atoms with Crippen LogP contribution in [-0.2, 0) is 4.79 Å². The van der Waals surface area contributed by atoms with Crippen molar-refractivity contribution in [3.05, 3.63) is 54.1 Å². The van der Waals surface area contributed by atoms with Gasteiger partial charge in [-0.05, 0) is 62.7 Å². The highest BCUT2D eigenvalue weighted by Gasteiger charge is 2.17. The van der Waals surface area contributed by atoms with Crippen molar-refractivity contribution < 1.29 is 19.0 Å². The van der Waals surface area contributed by atoms with Gasteiger partial charge < -0.3 is 19.5 Å². The molecule has 2 atom stereocenters. The molecule has 2 aromatic rings. The van der Waals surface area contributed by atoms with Gasteiger partial charge in [0.1, 0.15) is 17.2 Å². The molecule has 0 heterocycles. The lowest BCUT2D eigenvalue weighted by molar-refractivity contribution is -0.127. The summed E-state index contributed by atoms with van der Waals surface area (Å²) in [6.07, 6.45) is -0.599. The Bertz CT molecular complexity index is 667. The first-order valence-corrected chi connectivity index (χ1v) is 8.37. The summed E-state index contributed by atoms with van der Waals surface area (Å²) >= 11 is 0. The summed E-state index contributed by atoms with van der Waals surface area (Å²) in [6.45, 7) is 6.24. The Hall–Kier alpha value is -2.69. The highest BCUT2D eigenvalue weighted by Crippen LogP contribution is 2.20. The Labute approximate surface area is 148 Å². The Balaban J connectivity index is 1.90. The molecule has 0 aliphatic rings. The minimum absolute atomic E-state index is 0.120. The van der Waals surface area contributed by atoms with Crippen molar-refractivity contribution in [1.29, 1.82) is 0 Å². The average Bonchev–Trinajstić information content (AvgIpc) is 2.63. The van der Waals surface area contributed by atoms with Crippen LogP contribution in [0.1, 0.15) is 32.4 Å². The van der Waals surface area contributed by atoms with Crippen molar-refractivity contribution in [3.8, 4) is 17.2 Å². The summed E-state index contributed by atoms with van der Waals surface area (Å²) in [4.78, 5) is 12.3. The third-order valence-electron chi connectivity index (χ3n) is 3.79. The first-order valence-electron chi connectivity index (χ1n) is 8.37. The maximum Gasteiger partial charge on any atom is 0.261 e. The molecule has 0 saturated carbocycles. The molecule has 134 valence electrons. The smallest absolute Gasteiger partial charge is 0.261 e. The summed E-state index contributed by atoms with van der Waals surface area (Å²) in [5.41, 5.74) is 1.01. The lowest BCUT2D eigenvalue weighted by Crippen LogP contribution is -2.37. The molecule has 0 fully saturated rings. The minimum Gasteiger partial charge on any atom is -0.497 e. The van der Waals surface area contributed by atoms with Gasteiger partial charge in [0.05, 0.1) is 19.8 Å². The van der Waals surface area contributed by atoms with Crippen LogP contribution in [-0.4, -0.2) is 25.7 Å². The van der Waals surface area contributed by atoms with Gasteiger partial charge in [0.15, 0.2) is 6.10 Å². The van der Waals surface area contributed by atoms with E-state index in [1.165, 1.54) is 0 Å². The van der Waals surface area contributed by atoms with Crippen molar-refractivity contribution in [2.75, 3.05) is 13.7 Å². The quantitative estimate of drug-likeness (QED) is 0.793. The number of nitrogens with one attached hydrogen (secondary N) is 1. The van der Waals surface area contributed by atoms with E-state index in [0.717, 1.165) is 17.1 Å². The molecule has 0 bridgehead atoms. The maximum atomic E-state index is 12.3. The maximum absolute atomic E-state index is 12.3. The van der Waals surface area contributed by atoms with Crippen molar-refractivity contribution in [2.45, 2.75) is 32.9 Å². The summed E-state index contributed by atoms with van der Waals surface area (Å²) < 4.78 is 16.2. The van der Waals surface area contributed by atoms with Crippen molar-refractivity contribution in [3.63, 3.8) is 0 Å². The Morgan fingerprint density at radius 2 is 1.52 bits per heavy atom. The van der Waals surface area contributed by atoms with E-state index in [-0.39, 0.29) is 11.9 Å². The molecule has 0 aliphatic carbocycles. The molecule has 25 heavy (non-hydrogen) atoms. The largest absolute Gasteiger partial charge is 0.497 e. The second-order valence-corrected chi connectivity index (χ2v) is 5.67. The monoisotopic (exact) mass is 343 g/mol. The molecule has 0 saturated heterocycles. The van der Waals surface area contributed by atoms with Crippen molar-refractivity contribution >= 4 is 5.91 Å². The molecule has 2 aromatic carbocycles. The summed E-state index contributed by atoms with van der Waals surface area (Å²) in [5.74, 6) is 2.02. The third kappa shape index (κ3) is 5.41. The zero-order valence-corrected chi connectivity index (χ0v) is 15.1. The first kappa shape index (κ1) is 18.6. The zero-order chi connectivity index (χ0) is 18.2. The van der Waals surface area contributed by atoms with Gasteiger partial charge in [-0.3, -0.25) is 4.79 Å². The number of benzene rings is 2. The molecule has 0 aliphatic heterocycles. The standard InChI is InChI=1S/C20H25NO4/c1-5-24-18-8-6-16(7-9-18)14(2)21-20(22)15(3)25-19-12-10-17(23-4)11-13-19/h6-15H,5H2,1-4H3,(H,21,22)/t14-,15-/m1/s1. The summed E-state index contributed by atoms with van der Waals surface area (Å²) in [6, 6.07) is 14.7.